The van der Waals surface area contributed by atoms with Crippen LogP contribution in [0.3, 0.4) is 0 Å². The highest BCUT2D eigenvalue weighted by molar-refractivity contribution is 6.31. The first kappa shape index (κ1) is 14.1. The summed E-state index contributed by atoms with van der Waals surface area (Å²) in [5, 5.41) is 5.08. The fourth-order valence-electron chi connectivity index (χ4n) is 2.74. The van der Waals surface area contributed by atoms with Gasteiger partial charge in [-0.2, -0.15) is 5.10 Å². The van der Waals surface area contributed by atoms with E-state index < -0.39 is 0 Å². The zero-order valence-corrected chi connectivity index (χ0v) is 12.6. The van der Waals surface area contributed by atoms with Crippen molar-refractivity contribution in [2.75, 3.05) is 13.1 Å². The predicted octanol–water partition coefficient (Wildman–Crippen LogP) is 2.21. The Morgan fingerprint density at radius 3 is 2.67 bits per heavy atom. The summed E-state index contributed by atoms with van der Waals surface area (Å²) >= 11 is 5.96. The van der Waals surface area contributed by atoms with Gasteiger partial charge >= 0.3 is 0 Å². The molecule has 1 amide bonds. The number of nitrogens with zero attached hydrogens (tertiary/aromatic N) is 3. The smallest absolute Gasteiger partial charge is 0.278 e. The molecule has 1 saturated heterocycles. The third-order valence-electron chi connectivity index (χ3n) is 3.86. The lowest BCUT2D eigenvalue weighted by Crippen LogP contribution is -2.39. The van der Waals surface area contributed by atoms with E-state index in [4.69, 9.17) is 11.6 Å². The van der Waals surface area contributed by atoms with Crippen molar-refractivity contribution in [1.82, 2.24) is 14.7 Å². The Balaban J connectivity index is 2.12. The third kappa shape index (κ3) is 2.53. The number of amides is 1. The molecule has 1 aliphatic heterocycles. The number of fused-ring (bicyclic) bond motifs is 1. The van der Waals surface area contributed by atoms with Crippen molar-refractivity contribution in [3.05, 3.63) is 39.1 Å². The van der Waals surface area contributed by atoms with Crippen molar-refractivity contribution in [1.29, 1.82) is 0 Å². The summed E-state index contributed by atoms with van der Waals surface area (Å²) in [7, 11) is 1.72. The second-order valence-corrected chi connectivity index (χ2v) is 5.75. The van der Waals surface area contributed by atoms with Crippen molar-refractivity contribution >= 4 is 28.4 Å². The van der Waals surface area contributed by atoms with Crippen LogP contribution in [0, 0.1) is 0 Å². The van der Waals surface area contributed by atoms with Crippen LogP contribution in [0.2, 0.25) is 5.02 Å². The number of hydrogen-bond donors (Lipinski definition) is 0. The molecule has 1 aromatic heterocycles. The Morgan fingerprint density at radius 1 is 1.24 bits per heavy atom. The van der Waals surface area contributed by atoms with Crippen molar-refractivity contribution in [3.63, 3.8) is 0 Å². The van der Waals surface area contributed by atoms with Gasteiger partial charge in [0.2, 0.25) is 5.43 Å². The van der Waals surface area contributed by atoms with Crippen LogP contribution in [-0.4, -0.2) is 33.7 Å². The highest BCUT2D eigenvalue weighted by Gasteiger charge is 2.23. The second kappa shape index (κ2) is 5.48. The van der Waals surface area contributed by atoms with E-state index in [2.05, 4.69) is 5.10 Å². The Hall–Kier alpha value is -1.88. The summed E-state index contributed by atoms with van der Waals surface area (Å²) in [5.74, 6) is -0.280. The first-order valence-corrected chi connectivity index (χ1v) is 7.41. The van der Waals surface area contributed by atoms with Gasteiger partial charge in [0.05, 0.1) is 10.9 Å². The van der Waals surface area contributed by atoms with Gasteiger partial charge in [-0.3, -0.25) is 14.3 Å². The Labute approximate surface area is 127 Å². The van der Waals surface area contributed by atoms with E-state index in [9.17, 15) is 9.59 Å². The molecule has 110 valence electrons. The molecule has 2 heterocycles. The minimum atomic E-state index is -0.346. The maximum absolute atomic E-state index is 12.5. The summed E-state index contributed by atoms with van der Waals surface area (Å²) in [5.41, 5.74) is 0.301. The second-order valence-electron chi connectivity index (χ2n) is 5.32. The Bertz CT molecular complexity index is 763. The Morgan fingerprint density at radius 2 is 1.95 bits per heavy atom. The Kier molecular flexibility index (Phi) is 3.68. The van der Waals surface area contributed by atoms with E-state index in [-0.39, 0.29) is 17.0 Å². The molecular weight excluding hydrogens is 290 g/mol. The minimum absolute atomic E-state index is 0.0193. The standard InChI is InChI=1S/C15H16ClN3O2/c1-18-12-6-5-10(16)9-11(12)14(20)13(17-18)15(21)19-7-3-2-4-8-19/h5-6,9H,2-4,7-8H2,1H3. The van der Waals surface area contributed by atoms with Crippen molar-refractivity contribution in [2.24, 2.45) is 7.05 Å². The molecule has 6 heteroatoms. The van der Waals surface area contributed by atoms with Crippen LogP contribution in [0.4, 0.5) is 0 Å². The fourth-order valence-corrected chi connectivity index (χ4v) is 2.91. The topological polar surface area (TPSA) is 55.2 Å². The molecule has 0 radical (unpaired) electrons. The number of aromatic nitrogens is 2. The molecule has 0 spiro atoms. The molecule has 0 saturated carbocycles. The number of carbonyl (C=O) groups excluding carboxylic acids is 1. The van der Waals surface area contributed by atoms with E-state index in [0.717, 1.165) is 19.3 Å². The van der Waals surface area contributed by atoms with Crippen LogP contribution in [0.25, 0.3) is 10.9 Å². The largest absolute Gasteiger partial charge is 0.337 e. The molecule has 1 aliphatic rings. The highest BCUT2D eigenvalue weighted by Crippen LogP contribution is 2.17. The molecule has 5 nitrogen and oxygen atoms in total. The molecule has 0 N–H and O–H groups in total. The lowest BCUT2D eigenvalue weighted by atomic mass is 10.1. The van der Waals surface area contributed by atoms with Crippen LogP contribution < -0.4 is 5.43 Å². The van der Waals surface area contributed by atoms with Crippen molar-refractivity contribution in [2.45, 2.75) is 19.3 Å². The number of benzene rings is 1. The average molecular weight is 306 g/mol. The summed E-state index contributed by atoms with van der Waals surface area (Å²) < 4.78 is 1.56. The maximum atomic E-state index is 12.5. The number of rotatable bonds is 1. The lowest BCUT2D eigenvalue weighted by molar-refractivity contribution is 0.0715. The molecule has 0 unspecified atom stereocenters. The predicted molar refractivity (Wildman–Crippen MR) is 81.7 cm³/mol. The van der Waals surface area contributed by atoms with E-state index in [0.29, 0.717) is 29.0 Å². The zero-order chi connectivity index (χ0) is 15.0. The first-order chi connectivity index (χ1) is 10.1. The molecule has 0 atom stereocenters. The van der Waals surface area contributed by atoms with Crippen molar-refractivity contribution < 1.29 is 4.79 Å². The molecule has 2 aromatic rings. The van der Waals surface area contributed by atoms with Gasteiger partial charge in [0, 0.05) is 25.2 Å². The number of aryl methyl sites for hydroxylation is 1. The van der Waals surface area contributed by atoms with Gasteiger partial charge in [-0.05, 0) is 37.5 Å². The molecular formula is C15H16ClN3O2. The highest BCUT2D eigenvalue weighted by atomic mass is 35.5. The summed E-state index contributed by atoms with van der Waals surface area (Å²) in [6.07, 6.45) is 3.08. The van der Waals surface area contributed by atoms with Crippen LogP contribution in [0.5, 0.6) is 0 Å². The van der Waals surface area contributed by atoms with Crippen LogP contribution in [0.1, 0.15) is 29.8 Å². The van der Waals surface area contributed by atoms with Gasteiger partial charge in [-0.25, -0.2) is 0 Å². The normalized spacial score (nSPS) is 15.4. The molecule has 21 heavy (non-hydrogen) atoms. The lowest BCUT2D eigenvalue weighted by Gasteiger charge is -2.26. The summed E-state index contributed by atoms with van der Waals surface area (Å²) in [4.78, 5) is 26.8. The minimum Gasteiger partial charge on any atom is -0.337 e. The van der Waals surface area contributed by atoms with Gasteiger partial charge in [-0.1, -0.05) is 11.6 Å². The first-order valence-electron chi connectivity index (χ1n) is 7.04. The van der Waals surface area contributed by atoms with Crippen LogP contribution in [-0.2, 0) is 7.05 Å². The molecule has 0 aliphatic carbocycles. The number of hydrogen-bond acceptors (Lipinski definition) is 3. The molecule has 1 fully saturated rings. The maximum Gasteiger partial charge on any atom is 0.278 e. The molecule has 3 rings (SSSR count). The SMILES string of the molecule is Cn1nc(C(=O)N2CCCCC2)c(=O)c2cc(Cl)ccc21. The van der Waals surface area contributed by atoms with E-state index in [1.807, 2.05) is 0 Å². The van der Waals surface area contributed by atoms with Crippen molar-refractivity contribution in [3.8, 4) is 0 Å². The van der Waals surface area contributed by atoms with Gasteiger partial charge in [0.15, 0.2) is 5.69 Å². The average Bonchev–Trinajstić information content (AvgIpc) is 2.51. The number of piperidine rings is 1. The number of carbonyl (C=O) groups is 1. The number of halogens is 1. The number of likely N-dealkylation sites (tertiary alicyclic amines) is 1. The third-order valence-corrected chi connectivity index (χ3v) is 4.10. The van der Waals surface area contributed by atoms with E-state index in [1.54, 1.807) is 34.8 Å². The fraction of sp³-hybridized carbons (Fsp3) is 0.400. The zero-order valence-electron chi connectivity index (χ0n) is 11.8. The summed E-state index contributed by atoms with van der Waals surface area (Å²) in [6.45, 7) is 1.38. The monoisotopic (exact) mass is 305 g/mol. The quantitative estimate of drug-likeness (QED) is 0.811. The van der Waals surface area contributed by atoms with Gasteiger partial charge in [0.25, 0.3) is 5.91 Å². The molecule has 1 aromatic carbocycles. The summed E-state index contributed by atoms with van der Waals surface area (Å²) in [6, 6.07) is 5.03. The van der Waals surface area contributed by atoms with Crippen LogP contribution >= 0.6 is 11.6 Å². The van der Waals surface area contributed by atoms with E-state index in [1.165, 1.54) is 0 Å². The van der Waals surface area contributed by atoms with E-state index >= 15 is 0 Å². The molecule has 0 bridgehead atoms. The van der Waals surface area contributed by atoms with Gasteiger partial charge in [-0.15, -0.1) is 0 Å². The van der Waals surface area contributed by atoms with Gasteiger partial charge < -0.3 is 4.90 Å². The van der Waals surface area contributed by atoms with Gasteiger partial charge in [0.1, 0.15) is 0 Å². The van der Waals surface area contributed by atoms with Crippen LogP contribution in [0.15, 0.2) is 23.0 Å².